The zero-order valence-corrected chi connectivity index (χ0v) is 19.3. The quantitative estimate of drug-likeness (QED) is 0.175. The molecule has 0 aliphatic heterocycles. The van der Waals surface area contributed by atoms with Gasteiger partial charge in [-0.2, -0.15) is 0 Å². The maximum absolute atomic E-state index is 9.61. The molecule has 0 saturated carbocycles. The van der Waals surface area contributed by atoms with Crippen molar-refractivity contribution in [3.8, 4) is 0 Å². The second kappa shape index (κ2) is 24.0. The lowest BCUT2D eigenvalue weighted by molar-refractivity contribution is 0.204. The molecule has 0 heterocycles. The number of rotatable bonds is 23. The van der Waals surface area contributed by atoms with E-state index in [4.69, 9.17) is 0 Å². The molecule has 0 aromatic heterocycles. The zero-order valence-electron chi connectivity index (χ0n) is 19.3. The van der Waals surface area contributed by atoms with E-state index in [1.54, 1.807) is 0 Å². The van der Waals surface area contributed by atoms with Crippen LogP contribution in [0.5, 0.6) is 0 Å². The summed E-state index contributed by atoms with van der Waals surface area (Å²) in [5.74, 6) is 0.577. The summed E-state index contributed by atoms with van der Waals surface area (Å²) in [6.07, 6.45) is 30.7. The molecule has 0 aromatic carbocycles. The van der Waals surface area contributed by atoms with E-state index in [0.717, 1.165) is 0 Å². The van der Waals surface area contributed by atoms with Crippen molar-refractivity contribution >= 4 is 0 Å². The van der Waals surface area contributed by atoms with Crippen molar-refractivity contribution < 1.29 is 5.11 Å². The van der Waals surface area contributed by atoms with Crippen molar-refractivity contribution in [3.05, 3.63) is 0 Å². The molecule has 0 aliphatic rings. The number of aliphatic hydroxyl groups excluding tert-OH is 1. The van der Waals surface area contributed by atoms with E-state index in [-0.39, 0.29) is 0 Å². The minimum atomic E-state index is 0.411. The van der Waals surface area contributed by atoms with Crippen LogP contribution in [-0.4, -0.2) is 11.7 Å². The lowest BCUT2D eigenvalue weighted by Crippen LogP contribution is -2.06. The van der Waals surface area contributed by atoms with Crippen molar-refractivity contribution in [2.75, 3.05) is 6.61 Å². The van der Waals surface area contributed by atoms with Crippen molar-refractivity contribution in [2.24, 2.45) is 5.92 Å². The van der Waals surface area contributed by atoms with Crippen molar-refractivity contribution in [2.45, 2.75) is 155 Å². The molecular formula is C26H54O. The normalized spacial score (nSPS) is 12.6. The van der Waals surface area contributed by atoms with Gasteiger partial charge in [0.05, 0.1) is 0 Å². The Morgan fingerprint density at radius 2 is 0.667 bits per heavy atom. The van der Waals surface area contributed by atoms with Crippen LogP contribution in [0.2, 0.25) is 0 Å². The SMILES string of the molecule is CCCCCCCCCCCCCC(CO)CCCCCCCCCCC. The van der Waals surface area contributed by atoms with Crippen LogP contribution in [0.1, 0.15) is 155 Å². The predicted molar refractivity (Wildman–Crippen MR) is 123 cm³/mol. The Labute approximate surface area is 173 Å². The molecule has 1 unspecified atom stereocenters. The first-order valence-corrected chi connectivity index (χ1v) is 13.0. The fraction of sp³-hybridized carbons (Fsp3) is 1.00. The Morgan fingerprint density at radius 1 is 0.407 bits per heavy atom. The molecule has 0 bridgehead atoms. The minimum Gasteiger partial charge on any atom is -0.396 e. The van der Waals surface area contributed by atoms with Gasteiger partial charge in [-0.1, -0.05) is 142 Å². The molecule has 1 N–H and O–H groups in total. The van der Waals surface area contributed by atoms with Crippen LogP contribution in [-0.2, 0) is 0 Å². The highest BCUT2D eigenvalue weighted by Crippen LogP contribution is 2.19. The Bertz CT molecular complexity index is 251. The maximum Gasteiger partial charge on any atom is 0.0459 e. The van der Waals surface area contributed by atoms with Gasteiger partial charge in [0.15, 0.2) is 0 Å². The van der Waals surface area contributed by atoms with E-state index in [0.29, 0.717) is 12.5 Å². The van der Waals surface area contributed by atoms with Crippen molar-refractivity contribution in [3.63, 3.8) is 0 Å². The fourth-order valence-electron chi connectivity index (χ4n) is 4.17. The van der Waals surface area contributed by atoms with E-state index in [2.05, 4.69) is 13.8 Å². The fourth-order valence-corrected chi connectivity index (χ4v) is 4.17. The van der Waals surface area contributed by atoms with Crippen LogP contribution in [0.4, 0.5) is 0 Å². The Balaban J connectivity index is 3.27. The second-order valence-corrected chi connectivity index (χ2v) is 8.99. The number of unbranched alkanes of at least 4 members (excludes halogenated alkanes) is 18. The van der Waals surface area contributed by atoms with E-state index < -0.39 is 0 Å². The van der Waals surface area contributed by atoms with Gasteiger partial charge < -0.3 is 5.11 Å². The molecule has 0 aromatic rings. The van der Waals surface area contributed by atoms with Crippen LogP contribution in [0, 0.1) is 5.92 Å². The third-order valence-electron chi connectivity index (χ3n) is 6.19. The summed E-state index contributed by atoms with van der Waals surface area (Å²) < 4.78 is 0. The Kier molecular flexibility index (Phi) is 24.0. The predicted octanol–water partition coefficient (Wildman–Crippen LogP) is 9.22. The number of hydrogen-bond donors (Lipinski definition) is 1. The van der Waals surface area contributed by atoms with Crippen molar-refractivity contribution in [1.82, 2.24) is 0 Å². The summed E-state index contributed by atoms with van der Waals surface area (Å²) in [6.45, 7) is 4.99. The summed E-state index contributed by atoms with van der Waals surface area (Å²) in [4.78, 5) is 0. The van der Waals surface area contributed by atoms with Crippen LogP contribution < -0.4 is 0 Å². The standard InChI is InChI=1S/C26H54O/c1-3-5-7-9-11-13-14-16-18-20-22-24-26(25-27)23-21-19-17-15-12-10-8-6-4-2/h26-27H,3-25H2,1-2H3. The second-order valence-electron chi connectivity index (χ2n) is 8.99. The molecule has 0 saturated heterocycles. The highest BCUT2D eigenvalue weighted by Gasteiger charge is 2.07. The van der Waals surface area contributed by atoms with Gasteiger partial charge in [0.25, 0.3) is 0 Å². The summed E-state index contributed by atoms with van der Waals surface area (Å²) in [7, 11) is 0. The number of hydrogen-bond acceptors (Lipinski definition) is 1. The lowest BCUT2D eigenvalue weighted by atomic mass is 9.94. The van der Waals surface area contributed by atoms with Crippen LogP contribution in [0.25, 0.3) is 0 Å². The smallest absolute Gasteiger partial charge is 0.0459 e. The third-order valence-corrected chi connectivity index (χ3v) is 6.19. The van der Waals surface area contributed by atoms with Gasteiger partial charge in [0.2, 0.25) is 0 Å². The van der Waals surface area contributed by atoms with Gasteiger partial charge in [-0.3, -0.25) is 0 Å². The maximum atomic E-state index is 9.61. The molecule has 1 atom stereocenters. The topological polar surface area (TPSA) is 20.2 Å². The molecule has 0 spiro atoms. The monoisotopic (exact) mass is 382 g/mol. The van der Waals surface area contributed by atoms with Crippen molar-refractivity contribution in [1.29, 1.82) is 0 Å². The van der Waals surface area contributed by atoms with Gasteiger partial charge in [-0.15, -0.1) is 0 Å². The minimum absolute atomic E-state index is 0.411. The molecule has 0 rings (SSSR count). The summed E-state index contributed by atoms with van der Waals surface area (Å²) >= 11 is 0. The molecular weight excluding hydrogens is 328 g/mol. The molecule has 1 heteroatoms. The summed E-state index contributed by atoms with van der Waals surface area (Å²) in [5, 5.41) is 9.61. The molecule has 0 aliphatic carbocycles. The first-order chi connectivity index (χ1) is 13.3. The number of aliphatic hydroxyl groups is 1. The molecule has 0 amide bonds. The average molecular weight is 383 g/mol. The average Bonchev–Trinajstić information content (AvgIpc) is 2.69. The largest absolute Gasteiger partial charge is 0.396 e. The highest BCUT2D eigenvalue weighted by atomic mass is 16.3. The van der Waals surface area contributed by atoms with Crippen LogP contribution in [0.3, 0.4) is 0 Å². The van der Waals surface area contributed by atoms with Gasteiger partial charge in [-0.25, -0.2) is 0 Å². The van der Waals surface area contributed by atoms with E-state index in [1.165, 1.54) is 141 Å². The molecule has 27 heavy (non-hydrogen) atoms. The Morgan fingerprint density at radius 3 is 0.926 bits per heavy atom. The lowest BCUT2D eigenvalue weighted by Gasteiger charge is -2.13. The first-order valence-electron chi connectivity index (χ1n) is 13.0. The third kappa shape index (κ3) is 22.1. The van der Waals surface area contributed by atoms with Crippen LogP contribution >= 0.6 is 0 Å². The molecule has 0 fully saturated rings. The van der Waals surface area contributed by atoms with E-state index in [1.807, 2.05) is 0 Å². The molecule has 0 radical (unpaired) electrons. The highest BCUT2D eigenvalue weighted by molar-refractivity contribution is 4.59. The first kappa shape index (κ1) is 27.0. The van der Waals surface area contributed by atoms with E-state index >= 15 is 0 Å². The van der Waals surface area contributed by atoms with Gasteiger partial charge in [-0.05, 0) is 18.8 Å². The van der Waals surface area contributed by atoms with Gasteiger partial charge >= 0.3 is 0 Å². The summed E-state index contributed by atoms with van der Waals surface area (Å²) in [5.41, 5.74) is 0. The van der Waals surface area contributed by atoms with Gasteiger partial charge in [0, 0.05) is 6.61 Å². The zero-order chi connectivity index (χ0) is 19.8. The van der Waals surface area contributed by atoms with Crippen LogP contribution in [0.15, 0.2) is 0 Å². The van der Waals surface area contributed by atoms with Gasteiger partial charge in [0.1, 0.15) is 0 Å². The summed E-state index contributed by atoms with van der Waals surface area (Å²) in [6, 6.07) is 0. The molecule has 164 valence electrons. The van der Waals surface area contributed by atoms with E-state index in [9.17, 15) is 5.11 Å². The Hall–Kier alpha value is -0.0400. The molecule has 1 nitrogen and oxygen atoms in total.